The van der Waals surface area contributed by atoms with Crippen molar-refractivity contribution in [3.8, 4) is 28.4 Å². The largest absolute Gasteiger partial charge is 0.506 e. The number of halogens is 1. The minimum Gasteiger partial charge on any atom is -0.506 e. The fourth-order valence-electron chi connectivity index (χ4n) is 1.80. The number of nitrogens with zero attached hydrogens (tertiary/aromatic N) is 2. The molecule has 7 heteroatoms. The number of nitrogens with two attached hydrogens (primary N) is 1. The van der Waals surface area contributed by atoms with Crippen LogP contribution in [0.25, 0.3) is 11.1 Å². The summed E-state index contributed by atoms with van der Waals surface area (Å²) >= 11 is 3.29. The molecule has 19 heavy (non-hydrogen) atoms. The number of hydrogen-bond donors (Lipinski definition) is 2. The minimum absolute atomic E-state index is 0.0253. The molecule has 0 bridgehead atoms. The van der Waals surface area contributed by atoms with Gasteiger partial charge < -0.3 is 20.3 Å². The Morgan fingerprint density at radius 1 is 1.32 bits per heavy atom. The van der Waals surface area contributed by atoms with E-state index >= 15 is 0 Å². The molecule has 2 rings (SSSR count). The van der Waals surface area contributed by atoms with E-state index < -0.39 is 0 Å². The molecule has 0 aliphatic rings. The topological polar surface area (TPSA) is 82.5 Å². The molecule has 0 saturated carbocycles. The normalized spacial score (nSPS) is 10.5. The summed E-state index contributed by atoms with van der Waals surface area (Å²) in [4.78, 5) is 0. The van der Waals surface area contributed by atoms with Crippen molar-refractivity contribution in [2.24, 2.45) is 7.05 Å². The van der Waals surface area contributed by atoms with Crippen molar-refractivity contribution in [3.05, 3.63) is 16.7 Å². The van der Waals surface area contributed by atoms with E-state index in [2.05, 4.69) is 21.0 Å². The van der Waals surface area contributed by atoms with Gasteiger partial charge in [0.15, 0.2) is 11.5 Å². The number of aromatic nitrogens is 2. The van der Waals surface area contributed by atoms with Crippen molar-refractivity contribution >= 4 is 21.7 Å². The summed E-state index contributed by atoms with van der Waals surface area (Å²) in [6.45, 7) is 0. The van der Waals surface area contributed by atoms with Gasteiger partial charge in [-0.3, -0.25) is 4.68 Å². The number of phenols is 1. The number of ether oxygens (including phenoxy) is 2. The lowest BCUT2D eigenvalue weighted by Crippen LogP contribution is -1.99. The third-order valence-corrected chi connectivity index (χ3v) is 3.60. The molecule has 1 heterocycles. The van der Waals surface area contributed by atoms with Gasteiger partial charge >= 0.3 is 0 Å². The van der Waals surface area contributed by atoms with Gasteiger partial charge in [-0.1, -0.05) is 0 Å². The van der Waals surface area contributed by atoms with Crippen LogP contribution < -0.4 is 15.2 Å². The summed E-state index contributed by atoms with van der Waals surface area (Å²) in [6, 6.07) is 1.66. The first kappa shape index (κ1) is 13.5. The average Bonchev–Trinajstić information content (AvgIpc) is 2.73. The molecule has 0 unspecified atom stereocenters. The Balaban J connectivity index is 2.71. The van der Waals surface area contributed by atoms with Crippen LogP contribution in [0.1, 0.15) is 0 Å². The number of aromatic hydroxyl groups is 1. The Labute approximate surface area is 118 Å². The lowest BCUT2D eigenvalue weighted by molar-refractivity contribution is 0.349. The number of methoxy groups -OCH3 is 2. The number of hydrogen-bond acceptors (Lipinski definition) is 5. The second-order valence-corrected chi connectivity index (χ2v) is 4.68. The monoisotopic (exact) mass is 327 g/mol. The molecular weight excluding hydrogens is 314 g/mol. The standard InChI is InChI=1S/C12H14BrN3O3/c1-16-12(14)7(5-15-16)6-4-8(18-2)11(19-3)9(13)10(6)17/h4-5,17H,14H2,1-3H3. The van der Waals surface area contributed by atoms with Crippen LogP contribution in [0.4, 0.5) is 5.82 Å². The van der Waals surface area contributed by atoms with Gasteiger partial charge in [0.05, 0.1) is 20.4 Å². The van der Waals surface area contributed by atoms with Crippen molar-refractivity contribution in [2.75, 3.05) is 20.0 Å². The van der Waals surface area contributed by atoms with Gasteiger partial charge in [0.25, 0.3) is 0 Å². The van der Waals surface area contributed by atoms with Crippen LogP contribution in [0.3, 0.4) is 0 Å². The van der Waals surface area contributed by atoms with Crippen LogP contribution in [0, 0.1) is 0 Å². The van der Waals surface area contributed by atoms with Crippen molar-refractivity contribution < 1.29 is 14.6 Å². The zero-order valence-corrected chi connectivity index (χ0v) is 12.4. The lowest BCUT2D eigenvalue weighted by Gasteiger charge is -2.14. The van der Waals surface area contributed by atoms with Gasteiger partial charge in [0.1, 0.15) is 16.0 Å². The first-order valence-electron chi connectivity index (χ1n) is 5.42. The number of anilines is 1. The van der Waals surface area contributed by atoms with E-state index in [1.54, 1.807) is 19.3 Å². The molecule has 0 aliphatic carbocycles. The number of benzene rings is 1. The van der Waals surface area contributed by atoms with Gasteiger partial charge in [-0.05, 0) is 22.0 Å². The highest BCUT2D eigenvalue weighted by molar-refractivity contribution is 9.10. The quantitative estimate of drug-likeness (QED) is 0.902. The van der Waals surface area contributed by atoms with Crippen molar-refractivity contribution in [1.29, 1.82) is 0 Å². The third kappa shape index (κ3) is 2.10. The van der Waals surface area contributed by atoms with Crippen LogP contribution in [0.5, 0.6) is 17.2 Å². The Hall–Kier alpha value is -1.89. The molecule has 1 aromatic heterocycles. The molecule has 0 aliphatic heterocycles. The maximum Gasteiger partial charge on any atom is 0.178 e. The van der Waals surface area contributed by atoms with Crippen LogP contribution in [0.2, 0.25) is 0 Å². The van der Waals surface area contributed by atoms with E-state index in [1.165, 1.54) is 18.9 Å². The predicted octanol–water partition coefficient (Wildman–Crippen LogP) is 2.15. The maximum absolute atomic E-state index is 10.2. The summed E-state index contributed by atoms with van der Waals surface area (Å²) in [5, 5.41) is 14.3. The van der Waals surface area contributed by atoms with E-state index in [1.807, 2.05) is 0 Å². The lowest BCUT2D eigenvalue weighted by atomic mass is 10.1. The zero-order chi connectivity index (χ0) is 14.2. The first-order chi connectivity index (χ1) is 9.01. The number of nitrogen functional groups attached to an aromatic ring is 1. The molecule has 1 aromatic carbocycles. The van der Waals surface area contributed by atoms with Gasteiger partial charge in [0.2, 0.25) is 0 Å². The molecule has 102 valence electrons. The van der Waals surface area contributed by atoms with Crippen LogP contribution in [-0.4, -0.2) is 29.1 Å². The molecule has 0 amide bonds. The predicted molar refractivity (Wildman–Crippen MR) is 75.5 cm³/mol. The molecule has 6 nitrogen and oxygen atoms in total. The van der Waals surface area contributed by atoms with Crippen molar-refractivity contribution in [3.63, 3.8) is 0 Å². The molecule has 0 spiro atoms. The minimum atomic E-state index is 0.0253. The number of phenolic OH excluding ortho intramolecular Hbond substituents is 1. The first-order valence-corrected chi connectivity index (χ1v) is 6.21. The van der Waals surface area contributed by atoms with Gasteiger partial charge in [-0.2, -0.15) is 5.10 Å². The van der Waals surface area contributed by atoms with Crippen LogP contribution in [0.15, 0.2) is 16.7 Å². The summed E-state index contributed by atoms with van der Waals surface area (Å²) in [6.07, 6.45) is 1.59. The Kier molecular flexibility index (Phi) is 3.57. The molecule has 0 saturated heterocycles. The fraction of sp³-hybridized carbons (Fsp3) is 0.250. The maximum atomic E-state index is 10.2. The summed E-state index contributed by atoms with van der Waals surface area (Å²) in [7, 11) is 4.75. The average molecular weight is 328 g/mol. The molecule has 0 atom stereocenters. The number of rotatable bonds is 3. The fourth-order valence-corrected chi connectivity index (χ4v) is 2.37. The zero-order valence-electron chi connectivity index (χ0n) is 10.8. The van der Waals surface area contributed by atoms with Crippen LogP contribution in [-0.2, 0) is 7.05 Å². The van der Waals surface area contributed by atoms with Gasteiger partial charge in [0, 0.05) is 18.2 Å². The SMILES string of the molecule is COc1cc(-c2cnn(C)c2N)c(O)c(Br)c1OC. The van der Waals surface area contributed by atoms with E-state index in [9.17, 15) is 5.11 Å². The van der Waals surface area contributed by atoms with E-state index in [-0.39, 0.29) is 5.75 Å². The molecule has 0 radical (unpaired) electrons. The highest BCUT2D eigenvalue weighted by Gasteiger charge is 2.20. The molecular formula is C12H14BrN3O3. The van der Waals surface area contributed by atoms with Gasteiger partial charge in [-0.25, -0.2) is 0 Å². The van der Waals surface area contributed by atoms with E-state index in [0.29, 0.717) is 32.9 Å². The second kappa shape index (κ2) is 5.00. The number of aryl methyl sites for hydroxylation is 1. The van der Waals surface area contributed by atoms with E-state index in [0.717, 1.165) is 0 Å². The molecule has 3 N–H and O–H groups in total. The smallest absolute Gasteiger partial charge is 0.178 e. The Morgan fingerprint density at radius 2 is 2.00 bits per heavy atom. The van der Waals surface area contributed by atoms with Crippen molar-refractivity contribution in [2.45, 2.75) is 0 Å². The molecule has 0 fully saturated rings. The summed E-state index contributed by atoms with van der Waals surface area (Å²) < 4.78 is 12.4. The summed E-state index contributed by atoms with van der Waals surface area (Å²) in [5.41, 5.74) is 7.07. The molecule has 2 aromatic rings. The summed E-state index contributed by atoms with van der Waals surface area (Å²) in [5.74, 6) is 1.39. The second-order valence-electron chi connectivity index (χ2n) is 3.89. The third-order valence-electron chi connectivity index (χ3n) is 2.86. The Bertz CT molecular complexity index is 625. The Morgan fingerprint density at radius 3 is 2.47 bits per heavy atom. The van der Waals surface area contributed by atoms with Crippen molar-refractivity contribution in [1.82, 2.24) is 9.78 Å². The van der Waals surface area contributed by atoms with Crippen LogP contribution >= 0.6 is 15.9 Å². The van der Waals surface area contributed by atoms with E-state index in [4.69, 9.17) is 15.2 Å². The highest BCUT2D eigenvalue weighted by Crippen LogP contribution is 2.48. The highest BCUT2D eigenvalue weighted by atomic mass is 79.9. The van der Waals surface area contributed by atoms with Gasteiger partial charge in [-0.15, -0.1) is 0 Å².